The Morgan fingerprint density at radius 3 is 2.59 bits per heavy atom. The third-order valence-corrected chi connectivity index (χ3v) is 2.98. The summed E-state index contributed by atoms with van der Waals surface area (Å²) in [5.41, 5.74) is -0.408. The van der Waals surface area contributed by atoms with Crippen LogP contribution in [-0.4, -0.2) is 31.1 Å². The van der Waals surface area contributed by atoms with Crippen molar-refractivity contribution in [2.75, 3.05) is 25.5 Å². The molecule has 2 rings (SSSR count). The Morgan fingerprint density at radius 1 is 1.29 bits per heavy atom. The van der Waals surface area contributed by atoms with Gasteiger partial charge in [-0.2, -0.15) is 13.2 Å². The van der Waals surface area contributed by atoms with E-state index >= 15 is 0 Å². The third kappa shape index (κ3) is 2.91. The minimum atomic E-state index is -4.30. The Kier molecular flexibility index (Phi) is 3.28. The Hall–Kier alpha value is -1.23. The fourth-order valence-corrected chi connectivity index (χ4v) is 2.13. The summed E-state index contributed by atoms with van der Waals surface area (Å²) >= 11 is 0. The van der Waals surface area contributed by atoms with Gasteiger partial charge in [0.1, 0.15) is 0 Å². The molecule has 17 heavy (non-hydrogen) atoms. The van der Waals surface area contributed by atoms with Crippen molar-refractivity contribution in [2.45, 2.75) is 18.6 Å². The Balaban J connectivity index is 2.15. The Labute approximate surface area is 98.4 Å². The molecule has 0 amide bonds. The molecule has 1 heterocycles. The van der Waals surface area contributed by atoms with Gasteiger partial charge in [0.05, 0.1) is 5.56 Å². The van der Waals surface area contributed by atoms with Gasteiger partial charge in [0.25, 0.3) is 0 Å². The lowest BCUT2D eigenvalue weighted by Gasteiger charge is -2.18. The molecule has 1 unspecified atom stereocenters. The smallest absolute Gasteiger partial charge is 0.380 e. The van der Waals surface area contributed by atoms with E-state index in [1.807, 2.05) is 7.05 Å². The number of nitrogens with one attached hydrogen (secondary N) is 1. The van der Waals surface area contributed by atoms with Gasteiger partial charge in [-0.1, -0.05) is 12.1 Å². The van der Waals surface area contributed by atoms with Gasteiger partial charge in [-0.3, -0.25) is 0 Å². The van der Waals surface area contributed by atoms with Gasteiger partial charge in [0, 0.05) is 18.3 Å². The number of hydrogen-bond acceptors (Lipinski definition) is 2. The van der Waals surface area contributed by atoms with Crippen LogP contribution in [0.3, 0.4) is 0 Å². The van der Waals surface area contributed by atoms with Crippen molar-refractivity contribution in [3.05, 3.63) is 29.8 Å². The fourth-order valence-electron chi connectivity index (χ4n) is 2.13. The van der Waals surface area contributed by atoms with E-state index in [-0.39, 0.29) is 11.7 Å². The number of hydrogen-bond donors (Lipinski definition) is 1. The summed E-state index contributed by atoms with van der Waals surface area (Å²) in [6, 6.07) is 5.73. The number of likely N-dealkylation sites (tertiary alicyclic amines) is 1. The molecule has 0 saturated carbocycles. The van der Waals surface area contributed by atoms with Crippen LogP contribution in [0.1, 0.15) is 12.0 Å². The topological polar surface area (TPSA) is 15.3 Å². The molecule has 0 aliphatic carbocycles. The molecular weight excluding hydrogens is 229 g/mol. The molecule has 0 aromatic heterocycles. The zero-order valence-corrected chi connectivity index (χ0v) is 9.59. The number of para-hydroxylation sites is 1. The van der Waals surface area contributed by atoms with Crippen molar-refractivity contribution in [1.29, 1.82) is 0 Å². The molecule has 1 fully saturated rings. The molecule has 1 aliphatic heterocycles. The zero-order valence-electron chi connectivity index (χ0n) is 9.59. The van der Waals surface area contributed by atoms with Crippen LogP contribution in [-0.2, 0) is 6.18 Å². The van der Waals surface area contributed by atoms with Crippen molar-refractivity contribution in [1.82, 2.24) is 4.90 Å². The van der Waals surface area contributed by atoms with E-state index in [0.717, 1.165) is 25.6 Å². The number of likely N-dealkylation sites (N-methyl/N-ethyl adjacent to an activating group) is 1. The molecule has 1 aromatic carbocycles. The average molecular weight is 244 g/mol. The van der Waals surface area contributed by atoms with Crippen molar-refractivity contribution in [3.8, 4) is 0 Å². The fraction of sp³-hybridized carbons (Fsp3) is 0.500. The second-order valence-corrected chi connectivity index (χ2v) is 4.44. The molecule has 1 N–H and O–H groups in total. The van der Waals surface area contributed by atoms with Gasteiger partial charge in [0.2, 0.25) is 0 Å². The van der Waals surface area contributed by atoms with Crippen LogP contribution < -0.4 is 5.32 Å². The monoisotopic (exact) mass is 244 g/mol. The van der Waals surface area contributed by atoms with E-state index in [1.165, 1.54) is 12.1 Å². The van der Waals surface area contributed by atoms with Crippen LogP contribution in [0, 0.1) is 0 Å². The number of halogens is 3. The van der Waals surface area contributed by atoms with Crippen LogP contribution in [0.2, 0.25) is 0 Å². The summed E-state index contributed by atoms with van der Waals surface area (Å²) < 4.78 is 38.2. The molecule has 1 aromatic rings. The first kappa shape index (κ1) is 12.2. The van der Waals surface area contributed by atoms with Gasteiger partial charge in [0.15, 0.2) is 0 Å². The third-order valence-electron chi connectivity index (χ3n) is 2.98. The number of anilines is 1. The van der Waals surface area contributed by atoms with Crippen molar-refractivity contribution < 1.29 is 13.2 Å². The van der Waals surface area contributed by atoms with E-state index in [9.17, 15) is 13.2 Å². The summed E-state index contributed by atoms with van der Waals surface area (Å²) in [6.07, 6.45) is -3.42. The van der Waals surface area contributed by atoms with Crippen molar-refractivity contribution in [2.24, 2.45) is 0 Å². The molecule has 0 radical (unpaired) electrons. The largest absolute Gasteiger partial charge is 0.418 e. The van der Waals surface area contributed by atoms with Crippen molar-refractivity contribution in [3.63, 3.8) is 0 Å². The predicted octanol–water partition coefficient (Wildman–Crippen LogP) is 2.82. The van der Waals surface area contributed by atoms with E-state index in [4.69, 9.17) is 0 Å². The molecule has 0 bridgehead atoms. The lowest BCUT2D eigenvalue weighted by atomic mass is 10.1. The molecule has 1 atom stereocenters. The standard InChI is InChI=1S/C12H15F3N2/c1-17-7-6-9(8-17)16-11-5-3-2-4-10(11)12(13,14)15/h2-5,9,16H,6-8H2,1H3. The van der Waals surface area contributed by atoms with Crippen LogP contribution in [0.25, 0.3) is 0 Å². The number of alkyl halides is 3. The SMILES string of the molecule is CN1CCC(Nc2ccccc2C(F)(F)F)C1. The Bertz CT molecular complexity index is 390. The summed E-state index contributed by atoms with van der Waals surface area (Å²) in [7, 11) is 1.97. The van der Waals surface area contributed by atoms with E-state index < -0.39 is 11.7 Å². The highest BCUT2D eigenvalue weighted by Gasteiger charge is 2.34. The van der Waals surface area contributed by atoms with Crippen LogP contribution >= 0.6 is 0 Å². The second-order valence-electron chi connectivity index (χ2n) is 4.44. The summed E-state index contributed by atoms with van der Waals surface area (Å²) in [5, 5.41) is 2.98. The van der Waals surface area contributed by atoms with Crippen LogP contribution in [0.5, 0.6) is 0 Å². The quantitative estimate of drug-likeness (QED) is 0.860. The highest BCUT2D eigenvalue weighted by Crippen LogP contribution is 2.35. The average Bonchev–Trinajstić information content (AvgIpc) is 2.63. The van der Waals surface area contributed by atoms with Crippen molar-refractivity contribution >= 4 is 5.69 Å². The maximum atomic E-state index is 12.7. The molecule has 1 saturated heterocycles. The minimum absolute atomic E-state index is 0.100. The first-order valence-electron chi connectivity index (χ1n) is 5.58. The van der Waals surface area contributed by atoms with E-state index in [1.54, 1.807) is 6.07 Å². The zero-order chi connectivity index (χ0) is 12.5. The maximum Gasteiger partial charge on any atom is 0.418 e. The second kappa shape index (κ2) is 4.56. The lowest BCUT2D eigenvalue weighted by molar-refractivity contribution is -0.137. The number of nitrogens with zero attached hydrogens (tertiary/aromatic N) is 1. The molecule has 0 spiro atoms. The maximum absolute atomic E-state index is 12.7. The van der Waals surface area contributed by atoms with E-state index in [0.29, 0.717) is 0 Å². The van der Waals surface area contributed by atoms with E-state index in [2.05, 4.69) is 10.2 Å². The summed E-state index contributed by atoms with van der Waals surface area (Å²) in [6.45, 7) is 1.71. The molecular formula is C12H15F3N2. The molecule has 5 heteroatoms. The molecule has 2 nitrogen and oxygen atoms in total. The summed E-state index contributed by atoms with van der Waals surface area (Å²) in [4.78, 5) is 2.11. The number of benzene rings is 1. The van der Waals surface area contributed by atoms with Gasteiger partial charge in [-0.05, 0) is 32.1 Å². The van der Waals surface area contributed by atoms with Gasteiger partial charge in [-0.25, -0.2) is 0 Å². The minimum Gasteiger partial charge on any atom is -0.380 e. The highest BCUT2D eigenvalue weighted by atomic mass is 19.4. The normalized spacial score (nSPS) is 21.8. The Morgan fingerprint density at radius 2 is 2.00 bits per heavy atom. The van der Waals surface area contributed by atoms with Gasteiger partial charge in [-0.15, -0.1) is 0 Å². The van der Waals surface area contributed by atoms with Gasteiger partial charge >= 0.3 is 6.18 Å². The van der Waals surface area contributed by atoms with Crippen LogP contribution in [0.15, 0.2) is 24.3 Å². The van der Waals surface area contributed by atoms with Crippen LogP contribution in [0.4, 0.5) is 18.9 Å². The lowest BCUT2D eigenvalue weighted by Crippen LogP contribution is -2.25. The molecule has 94 valence electrons. The molecule has 1 aliphatic rings. The highest BCUT2D eigenvalue weighted by molar-refractivity contribution is 5.53. The first-order chi connectivity index (χ1) is 7.97. The first-order valence-corrected chi connectivity index (χ1v) is 5.58. The summed E-state index contributed by atoms with van der Waals surface area (Å²) in [5.74, 6) is 0. The predicted molar refractivity (Wildman–Crippen MR) is 61.0 cm³/mol. The number of rotatable bonds is 2. The van der Waals surface area contributed by atoms with Gasteiger partial charge < -0.3 is 10.2 Å².